The second kappa shape index (κ2) is 11.0. The van der Waals surface area contributed by atoms with E-state index in [1.165, 1.54) is 7.11 Å². The number of methoxy groups -OCH3 is 1. The van der Waals surface area contributed by atoms with Gasteiger partial charge in [0.05, 0.1) is 13.2 Å². The van der Waals surface area contributed by atoms with Crippen molar-refractivity contribution in [3.8, 4) is 0 Å². The Balaban J connectivity index is 2.42. The first-order valence-electron chi connectivity index (χ1n) is 7.75. The van der Waals surface area contributed by atoms with Gasteiger partial charge >= 0.3 is 6.03 Å². The van der Waals surface area contributed by atoms with Crippen LogP contribution in [0.5, 0.6) is 0 Å². The number of hydrogen-bond acceptors (Lipinski definition) is 5. The topological polar surface area (TPSA) is 109 Å². The van der Waals surface area contributed by atoms with Gasteiger partial charge in [-0.3, -0.25) is 14.9 Å². The molecule has 0 saturated carbocycles. The van der Waals surface area contributed by atoms with Crippen LogP contribution in [0.1, 0.15) is 23.7 Å². The average molecular weight is 336 g/mol. The van der Waals surface area contributed by atoms with Crippen molar-refractivity contribution in [3.05, 3.63) is 29.8 Å². The first-order valence-corrected chi connectivity index (χ1v) is 7.75. The minimum Gasteiger partial charge on any atom is -0.383 e. The molecule has 4 amide bonds. The Bertz CT molecular complexity index is 563. The third kappa shape index (κ3) is 7.59. The van der Waals surface area contributed by atoms with Crippen molar-refractivity contribution in [2.75, 3.05) is 38.7 Å². The van der Waals surface area contributed by atoms with Crippen molar-refractivity contribution < 1.29 is 19.1 Å². The smallest absolute Gasteiger partial charge is 0.321 e. The van der Waals surface area contributed by atoms with Crippen LogP contribution in [0, 0.1) is 0 Å². The lowest BCUT2D eigenvalue weighted by Gasteiger charge is -2.09. The van der Waals surface area contributed by atoms with E-state index >= 15 is 0 Å². The van der Waals surface area contributed by atoms with E-state index < -0.39 is 11.9 Å². The number of anilines is 1. The van der Waals surface area contributed by atoms with Gasteiger partial charge in [0, 0.05) is 31.5 Å². The van der Waals surface area contributed by atoms with Crippen molar-refractivity contribution in [3.63, 3.8) is 0 Å². The Morgan fingerprint density at radius 2 is 1.92 bits per heavy atom. The van der Waals surface area contributed by atoms with Gasteiger partial charge in [0.15, 0.2) is 0 Å². The second-order valence-electron chi connectivity index (χ2n) is 4.99. The molecule has 0 aliphatic carbocycles. The third-order valence-electron chi connectivity index (χ3n) is 2.96. The number of benzene rings is 1. The highest BCUT2D eigenvalue weighted by Crippen LogP contribution is 2.10. The zero-order chi connectivity index (χ0) is 17.8. The van der Waals surface area contributed by atoms with Gasteiger partial charge in [-0.2, -0.15) is 0 Å². The first-order chi connectivity index (χ1) is 11.6. The lowest BCUT2D eigenvalue weighted by molar-refractivity contribution is -0.118. The molecule has 1 aromatic carbocycles. The molecule has 24 heavy (non-hydrogen) atoms. The molecule has 0 heterocycles. The normalized spacial score (nSPS) is 9.92. The molecule has 0 spiro atoms. The van der Waals surface area contributed by atoms with E-state index in [1.54, 1.807) is 24.3 Å². The molecule has 0 aliphatic rings. The minimum atomic E-state index is -0.577. The van der Waals surface area contributed by atoms with Gasteiger partial charge in [-0.1, -0.05) is 13.0 Å². The molecule has 0 aromatic heterocycles. The number of hydrogen-bond donors (Lipinski definition) is 4. The van der Waals surface area contributed by atoms with Crippen LogP contribution in [0.3, 0.4) is 0 Å². The molecule has 8 nitrogen and oxygen atoms in total. The highest BCUT2D eigenvalue weighted by molar-refractivity contribution is 5.97. The fourth-order valence-corrected chi connectivity index (χ4v) is 1.77. The molecule has 0 atom stereocenters. The molecule has 0 unspecified atom stereocenters. The standard InChI is InChI=1S/C16H24N4O4/c1-3-7-17-15(22)12-5-4-6-13(10-12)19-11-14(21)20-16(23)18-8-9-24-2/h4-6,10,19H,3,7-9,11H2,1-2H3,(H,17,22)(H2,18,20,21,23). The predicted octanol–water partition coefficient (Wildman–Crippen LogP) is 0.711. The Morgan fingerprint density at radius 1 is 1.12 bits per heavy atom. The summed E-state index contributed by atoms with van der Waals surface area (Å²) in [5.74, 6) is -0.645. The molecule has 0 bridgehead atoms. The number of imide groups is 1. The Hall–Kier alpha value is -2.61. The molecule has 0 saturated heterocycles. The maximum Gasteiger partial charge on any atom is 0.321 e. The summed E-state index contributed by atoms with van der Waals surface area (Å²) < 4.78 is 4.79. The molecule has 0 radical (unpaired) electrons. The van der Waals surface area contributed by atoms with E-state index in [4.69, 9.17) is 4.74 Å². The van der Waals surface area contributed by atoms with Crippen LogP contribution in [0.4, 0.5) is 10.5 Å². The summed E-state index contributed by atoms with van der Waals surface area (Å²) in [5, 5.41) is 10.3. The zero-order valence-corrected chi connectivity index (χ0v) is 14.0. The Morgan fingerprint density at radius 3 is 2.62 bits per heavy atom. The lowest BCUT2D eigenvalue weighted by Crippen LogP contribution is -2.42. The van der Waals surface area contributed by atoms with E-state index in [1.807, 2.05) is 6.92 Å². The summed E-state index contributed by atoms with van der Waals surface area (Å²) in [5.41, 5.74) is 1.13. The van der Waals surface area contributed by atoms with Gasteiger partial charge in [0.1, 0.15) is 0 Å². The van der Waals surface area contributed by atoms with Crippen LogP contribution < -0.4 is 21.3 Å². The number of carbonyl (C=O) groups excluding carboxylic acids is 3. The molecule has 132 valence electrons. The number of rotatable bonds is 9. The van der Waals surface area contributed by atoms with Gasteiger partial charge in [-0.25, -0.2) is 4.79 Å². The van der Waals surface area contributed by atoms with E-state index in [2.05, 4.69) is 21.3 Å². The van der Waals surface area contributed by atoms with Crippen LogP contribution >= 0.6 is 0 Å². The van der Waals surface area contributed by atoms with Crippen LogP contribution in [-0.2, 0) is 9.53 Å². The SMILES string of the molecule is CCCNC(=O)c1cccc(NCC(=O)NC(=O)NCCOC)c1. The molecule has 1 aromatic rings. The summed E-state index contributed by atoms with van der Waals surface area (Å²) in [6.07, 6.45) is 0.857. The number of urea groups is 1. The molecule has 8 heteroatoms. The maximum atomic E-state index is 11.9. The van der Waals surface area contributed by atoms with Crippen LogP contribution in [0.25, 0.3) is 0 Å². The minimum absolute atomic E-state index is 0.0856. The highest BCUT2D eigenvalue weighted by Gasteiger charge is 2.08. The fourth-order valence-electron chi connectivity index (χ4n) is 1.77. The number of carbonyl (C=O) groups is 3. The van der Waals surface area contributed by atoms with E-state index in [0.29, 0.717) is 30.9 Å². The van der Waals surface area contributed by atoms with Crippen molar-refractivity contribution >= 4 is 23.5 Å². The van der Waals surface area contributed by atoms with Gasteiger partial charge < -0.3 is 20.7 Å². The summed E-state index contributed by atoms with van der Waals surface area (Å²) in [4.78, 5) is 35.0. The molecular formula is C16H24N4O4. The van der Waals surface area contributed by atoms with E-state index in [0.717, 1.165) is 6.42 Å². The summed E-state index contributed by atoms with van der Waals surface area (Å²) in [6.45, 7) is 3.18. The number of nitrogens with one attached hydrogen (secondary N) is 4. The van der Waals surface area contributed by atoms with Crippen molar-refractivity contribution in [1.82, 2.24) is 16.0 Å². The number of ether oxygens (including phenoxy) is 1. The van der Waals surface area contributed by atoms with Gasteiger partial charge in [0.2, 0.25) is 5.91 Å². The van der Waals surface area contributed by atoms with Crippen molar-refractivity contribution in [1.29, 1.82) is 0 Å². The van der Waals surface area contributed by atoms with Gasteiger partial charge in [-0.15, -0.1) is 0 Å². The number of amides is 4. The van der Waals surface area contributed by atoms with Crippen LogP contribution in [0.15, 0.2) is 24.3 Å². The summed E-state index contributed by atoms with van der Waals surface area (Å²) in [7, 11) is 1.52. The Kier molecular flexibility index (Phi) is 8.91. The molecule has 4 N–H and O–H groups in total. The summed E-state index contributed by atoms with van der Waals surface area (Å²) >= 11 is 0. The molecular weight excluding hydrogens is 312 g/mol. The second-order valence-corrected chi connectivity index (χ2v) is 4.99. The molecule has 1 rings (SSSR count). The molecule has 0 fully saturated rings. The molecule has 0 aliphatic heterocycles. The monoisotopic (exact) mass is 336 g/mol. The van der Waals surface area contributed by atoms with E-state index in [9.17, 15) is 14.4 Å². The zero-order valence-electron chi connectivity index (χ0n) is 14.0. The van der Waals surface area contributed by atoms with Crippen LogP contribution in [0.2, 0.25) is 0 Å². The fraction of sp³-hybridized carbons (Fsp3) is 0.438. The largest absolute Gasteiger partial charge is 0.383 e. The quantitative estimate of drug-likeness (QED) is 0.497. The average Bonchev–Trinajstić information content (AvgIpc) is 2.58. The predicted molar refractivity (Wildman–Crippen MR) is 91.0 cm³/mol. The van der Waals surface area contributed by atoms with Crippen molar-refractivity contribution in [2.45, 2.75) is 13.3 Å². The Labute approximate surface area is 141 Å². The highest BCUT2D eigenvalue weighted by atomic mass is 16.5. The van der Waals surface area contributed by atoms with Gasteiger partial charge in [0.25, 0.3) is 5.91 Å². The van der Waals surface area contributed by atoms with Gasteiger partial charge in [-0.05, 0) is 24.6 Å². The third-order valence-corrected chi connectivity index (χ3v) is 2.96. The van der Waals surface area contributed by atoms with Crippen LogP contribution in [-0.4, -0.2) is 51.2 Å². The summed E-state index contributed by atoms with van der Waals surface area (Å²) in [6, 6.07) is 6.23. The van der Waals surface area contributed by atoms with Crippen molar-refractivity contribution in [2.24, 2.45) is 0 Å². The maximum absolute atomic E-state index is 11.9. The lowest BCUT2D eigenvalue weighted by atomic mass is 10.2. The first kappa shape index (κ1) is 19.4. The van der Waals surface area contributed by atoms with E-state index in [-0.39, 0.29) is 12.5 Å².